The van der Waals surface area contributed by atoms with Crippen LogP contribution in [0.5, 0.6) is 5.75 Å². The predicted octanol–water partition coefficient (Wildman–Crippen LogP) is 5.68. The van der Waals surface area contributed by atoms with E-state index in [1.807, 2.05) is 48.5 Å². The molecule has 0 radical (unpaired) electrons. The quantitative estimate of drug-likeness (QED) is 0.232. The van der Waals surface area contributed by atoms with Crippen molar-refractivity contribution in [3.63, 3.8) is 0 Å². The van der Waals surface area contributed by atoms with Crippen molar-refractivity contribution >= 4 is 29.0 Å². The first kappa shape index (κ1) is 23.6. The van der Waals surface area contributed by atoms with Crippen LogP contribution in [0.15, 0.2) is 66.7 Å². The van der Waals surface area contributed by atoms with Gasteiger partial charge in [0.1, 0.15) is 18.1 Å². The molecule has 4 aromatic rings. The van der Waals surface area contributed by atoms with Crippen molar-refractivity contribution in [3.05, 3.63) is 78.0 Å². The summed E-state index contributed by atoms with van der Waals surface area (Å²) < 4.78 is 13.5. The third-order valence-corrected chi connectivity index (χ3v) is 6.60. The number of ether oxygens (including phenoxy) is 2. The van der Waals surface area contributed by atoms with Gasteiger partial charge >= 0.3 is 5.97 Å². The number of nitrogens with one attached hydrogen (secondary N) is 1. The summed E-state index contributed by atoms with van der Waals surface area (Å²) in [5.74, 6) is 0.380. The summed E-state index contributed by atoms with van der Waals surface area (Å²) in [5, 5.41) is 8.72. The number of aromatic nitrogens is 2. The van der Waals surface area contributed by atoms with Gasteiger partial charge in [-0.15, -0.1) is 0 Å². The van der Waals surface area contributed by atoms with Crippen LogP contribution in [0.3, 0.4) is 0 Å². The molecule has 0 spiro atoms. The summed E-state index contributed by atoms with van der Waals surface area (Å²) in [5.41, 5.74) is 5.52. The van der Waals surface area contributed by atoms with Crippen LogP contribution in [0.1, 0.15) is 43.5 Å². The molecule has 7 heteroatoms. The van der Waals surface area contributed by atoms with Crippen molar-refractivity contribution in [2.75, 3.05) is 11.9 Å². The maximum atomic E-state index is 12.1. The molecule has 0 aliphatic heterocycles. The van der Waals surface area contributed by atoms with Gasteiger partial charge in [0.15, 0.2) is 0 Å². The van der Waals surface area contributed by atoms with E-state index in [-0.39, 0.29) is 19.0 Å². The van der Waals surface area contributed by atoms with Crippen LogP contribution in [0.2, 0.25) is 0 Å². The monoisotopic (exact) mass is 483 g/mol. The molecule has 0 saturated heterocycles. The van der Waals surface area contributed by atoms with Crippen LogP contribution in [0.25, 0.3) is 22.0 Å². The third kappa shape index (κ3) is 4.96. The van der Waals surface area contributed by atoms with E-state index in [2.05, 4.69) is 28.2 Å². The maximum Gasteiger partial charge on any atom is 0.310 e. The summed E-state index contributed by atoms with van der Waals surface area (Å²) in [6.07, 6.45) is 4.31. The molecule has 0 unspecified atom stereocenters. The second-order valence-electron chi connectivity index (χ2n) is 8.93. The first-order valence-corrected chi connectivity index (χ1v) is 12.3. The van der Waals surface area contributed by atoms with Gasteiger partial charge in [0.25, 0.3) is 0 Å². The lowest BCUT2D eigenvalue weighted by atomic mass is 9.93. The lowest BCUT2D eigenvalue weighted by Crippen LogP contribution is -2.18. The Hall–Kier alpha value is -4.13. The Balaban J connectivity index is 1.47. The van der Waals surface area contributed by atoms with Gasteiger partial charge < -0.3 is 14.8 Å². The topological polar surface area (TPSA) is 82.4 Å². The zero-order valence-electron chi connectivity index (χ0n) is 20.3. The summed E-state index contributed by atoms with van der Waals surface area (Å²) in [7, 11) is 0. The highest BCUT2D eigenvalue weighted by Gasteiger charge is 2.24. The van der Waals surface area contributed by atoms with E-state index in [0.717, 1.165) is 51.8 Å². The number of nitrogens with zero attached hydrogens (tertiary/aromatic N) is 2. The normalized spacial score (nSPS) is 13.2. The minimum atomic E-state index is -0.274. The molecule has 1 aromatic heterocycles. The number of hydrogen-bond acceptors (Lipinski definition) is 5. The lowest BCUT2D eigenvalue weighted by Gasteiger charge is -2.26. The molecule has 1 heterocycles. The van der Waals surface area contributed by atoms with Gasteiger partial charge in [-0.1, -0.05) is 36.4 Å². The number of carbonyl (C=O) groups excluding carboxylic acids is 2. The average Bonchev–Trinajstić information content (AvgIpc) is 3.20. The Morgan fingerprint density at radius 2 is 1.92 bits per heavy atom. The standard InChI is InChI=1S/C29H29N3O4/c1-2-35-29(34)17-22-7-3-4-12-28(22)36-18-26-25-16-21(20-8-5-9-23(15-20)30-19-33)13-14-27(25)32(31-26)24-10-6-11-24/h3-5,7-9,12-16,19,24H,2,6,10-11,17-18H2,1H3,(H,30,33). The van der Waals surface area contributed by atoms with E-state index in [0.29, 0.717) is 24.8 Å². The zero-order valence-corrected chi connectivity index (χ0v) is 20.3. The van der Waals surface area contributed by atoms with Crippen LogP contribution < -0.4 is 10.1 Å². The average molecular weight is 484 g/mol. The van der Waals surface area contributed by atoms with Crippen LogP contribution in [-0.2, 0) is 27.4 Å². The summed E-state index contributed by atoms with van der Waals surface area (Å²) in [6, 6.07) is 22.1. The Bertz CT molecular complexity index is 1390. The summed E-state index contributed by atoms with van der Waals surface area (Å²) >= 11 is 0. The minimum absolute atomic E-state index is 0.163. The predicted molar refractivity (Wildman–Crippen MR) is 139 cm³/mol. The van der Waals surface area contributed by atoms with Gasteiger partial charge in [-0.2, -0.15) is 5.10 Å². The Kier molecular flexibility index (Phi) is 6.98. The number of anilines is 1. The first-order valence-electron chi connectivity index (χ1n) is 12.3. The van der Waals surface area contributed by atoms with Crippen molar-refractivity contribution in [3.8, 4) is 16.9 Å². The van der Waals surface area contributed by atoms with Crippen LogP contribution >= 0.6 is 0 Å². The minimum Gasteiger partial charge on any atom is -0.487 e. The van der Waals surface area contributed by atoms with Gasteiger partial charge in [-0.3, -0.25) is 14.3 Å². The van der Waals surface area contributed by atoms with E-state index in [9.17, 15) is 9.59 Å². The zero-order chi connectivity index (χ0) is 24.9. The molecule has 1 amide bonds. The molecule has 7 nitrogen and oxygen atoms in total. The molecule has 1 saturated carbocycles. The molecule has 36 heavy (non-hydrogen) atoms. The third-order valence-electron chi connectivity index (χ3n) is 6.60. The molecule has 1 N–H and O–H groups in total. The number of amides is 1. The highest BCUT2D eigenvalue weighted by molar-refractivity contribution is 5.88. The molecular weight excluding hydrogens is 454 g/mol. The van der Waals surface area contributed by atoms with E-state index in [1.165, 1.54) is 6.42 Å². The number of rotatable bonds is 10. The number of carbonyl (C=O) groups is 2. The van der Waals surface area contributed by atoms with E-state index < -0.39 is 0 Å². The van der Waals surface area contributed by atoms with E-state index in [1.54, 1.807) is 6.92 Å². The number of benzene rings is 3. The van der Waals surface area contributed by atoms with Crippen molar-refractivity contribution in [1.82, 2.24) is 9.78 Å². The van der Waals surface area contributed by atoms with Crippen molar-refractivity contribution < 1.29 is 19.1 Å². The number of para-hydroxylation sites is 1. The molecule has 1 aliphatic rings. The number of esters is 1. The molecule has 3 aromatic carbocycles. The lowest BCUT2D eigenvalue weighted by molar-refractivity contribution is -0.142. The first-order chi connectivity index (χ1) is 17.7. The van der Waals surface area contributed by atoms with Gasteiger partial charge in [0.2, 0.25) is 6.41 Å². The fourth-order valence-electron chi connectivity index (χ4n) is 4.56. The van der Waals surface area contributed by atoms with Crippen LogP contribution in [0.4, 0.5) is 5.69 Å². The van der Waals surface area contributed by atoms with E-state index in [4.69, 9.17) is 14.6 Å². The van der Waals surface area contributed by atoms with Crippen molar-refractivity contribution in [2.45, 2.75) is 45.3 Å². The highest BCUT2D eigenvalue weighted by atomic mass is 16.5. The molecule has 5 rings (SSSR count). The van der Waals surface area contributed by atoms with Crippen LogP contribution in [0, 0.1) is 0 Å². The Labute approximate surface area is 210 Å². The van der Waals surface area contributed by atoms with Gasteiger partial charge in [0, 0.05) is 16.6 Å². The van der Waals surface area contributed by atoms with E-state index >= 15 is 0 Å². The highest BCUT2D eigenvalue weighted by Crippen LogP contribution is 2.36. The Morgan fingerprint density at radius 3 is 2.69 bits per heavy atom. The molecule has 184 valence electrons. The molecule has 1 aliphatic carbocycles. The van der Waals surface area contributed by atoms with Gasteiger partial charge in [-0.25, -0.2) is 0 Å². The fourth-order valence-corrected chi connectivity index (χ4v) is 4.56. The van der Waals surface area contributed by atoms with Crippen molar-refractivity contribution in [2.24, 2.45) is 0 Å². The number of hydrogen-bond donors (Lipinski definition) is 1. The smallest absolute Gasteiger partial charge is 0.310 e. The molecular formula is C29H29N3O4. The Morgan fingerprint density at radius 1 is 1.08 bits per heavy atom. The molecule has 1 fully saturated rings. The fraction of sp³-hybridized carbons (Fsp3) is 0.276. The second-order valence-corrected chi connectivity index (χ2v) is 8.93. The van der Waals surface area contributed by atoms with Gasteiger partial charge in [-0.05, 0) is 67.6 Å². The van der Waals surface area contributed by atoms with Gasteiger partial charge in [0.05, 0.1) is 24.6 Å². The molecule has 0 atom stereocenters. The molecule has 0 bridgehead atoms. The number of fused-ring (bicyclic) bond motifs is 1. The SMILES string of the molecule is CCOC(=O)Cc1ccccc1OCc1nn(C2CCC2)c2ccc(-c3cccc(NC=O)c3)cc12. The van der Waals surface area contributed by atoms with Crippen molar-refractivity contribution in [1.29, 1.82) is 0 Å². The second kappa shape index (κ2) is 10.6. The van der Waals surface area contributed by atoms with Crippen LogP contribution in [-0.4, -0.2) is 28.8 Å². The summed E-state index contributed by atoms with van der Waals surface area (Å²) in [6.45, 7) is 2.43. The largest absolute Gasteiger partial charge is 0.487 e. The maximum absolute atomic E-state index is 12.1. The summed E-state index contributed by atoms with van der Waals surface area (Å²) in [4.78, 5) is 22.9.